The summed E-state index contributed by atoms with van der Waals surface area (Å²) in [6.45, 7) is 0. The fourth-order valence-corrected chi connectivity index (χ4v) is 3.66. The van der Waals surface area contributed by atoms with Crippen molar-refractivity contribution in [3.8, 4) is 23.3 Å². The van der Waals surface area contributed by atoms with Crippen LogP contribution in [-0.2, 0) is 0 Å². The van der Waals surface area contributed by atoms with E-state index in [-0.39, 0.29) is 0 Å². The number of ether oxygens (including phenoxy) is 3. The minimum absolute atomic E-state index is 0.485. The lowest BCUT2D eigenvalue weighted by Crippen LogP contribution is -1.93. The minimum Gasteiger partial charge on any atom is -0.495 e. The summed E-state index contributed by atoms with van der Waals surface area (Å²) in [5.41, 5.74) is 2.00. The van der Waals surface area contributed by atoms with E-state index in [0.717, 1.165) is 20.1 Å². The maximum atomic E-state index is 9.58. The van der Waals surface area contributed by atoms with Gasteiger partial charge in [0.1, 0.15) is 5.75 Å². The van der Waals surface area contributed by atoms with Gasteiger partial charge in [0.2, 0.25) is 0 Å². The molecule has 24 heavy (non-hydrogen) atoms. The first-order chi connectivity index (χ1) is 11.5. The molecule has 0 radical (unpaired) electrons. The molecular weight excluding hydrogens is 438 g/mol. The molecule has 0 bridgehead atoms. The first-order valence-corrected chi connectivity index (χ1v) is 8.49. The number of hydrogen-bond acceptors (Lipinski definition) is 4. The van der Waals surface area contributed by atoms with E-state index in [1.807, 2.05) is 18.2 Å². The van der Waals surface area contributed by atoms with Crippen LogP contribution in [0.3, 0.4) is 0 Å². The zero-order valence-corrected chi connectivity index (χ0v) is 16.6. The van der Waals surface area contributed by atoms with Crippen LogP contribution in [0.4, 0.5) is 0 Å². The number of rotatable bonds is 5. The molecule has 2 aromatic carbocycles. The highest BCUT2D eigenvalue weighted by Crippen LogP contribution is 2.36. The molecule has 0 unspecified atom stereocenters. The maximum Gasteiger partial charge on any atom is 0.161 e. The summed E-state index contributed by atoms with van der Waals surface area (Å²) in [5, 5.41) is 9.58. The molecule has 0 aromatic heterocycles. The van der Waals surface area contributed by atoms with Crippen molar-refractivity contribution in [1.29, 1.82) is 5.26 Å². The third-order valence-corrected chi connectivity index (χ3v) is 4.40. The standard InChI is InChI=1S/C18H15Br2NO3/c1-22-16-5-4-11(8-17(16)23-2)13(10-21)6-12-7-14(19)9-15(20)18(12)24-3/h4-9H,1-3H3/b13-6+. The Morgan fingerprint density at radius 2 is 1.71 bits per heavy atom. The second kappa shape index (κ2) is 8.22. The van der Waals surface area contributed by atoms with Gasteiger partial charge in [0, 0.05) is 10.0 Å². The molecule has 0 saturated carbocycles. The summed E-state index contributed by atoms with van der Waals surface area (Å²) in [5.74, 6) is 1.84. The predicted octanol–water partition coefficient (Wildman–Crippen LogP) is 5.30. The summed E-state index contributed by atoms with van der Waals surface area (Å²) in [7, 11) is 4.72. The Balaban J connectivity index is 2.57. The maximum absolute atomic E-state index is 9.58. The van der Waals surface area contributed by atoms with Crippen LogP contribution in [0.25, 0.3) is 11.6 Å². The van der Waals surface area contributed by atoms with Crippen LogP contribution in [0.1, 0.15) is 11.1 Å². The van der Waals surface area contributed by atoms with Gasteiger partial charge < -0.3 is 14.2 Å². The molecule has 2 aromatic rings. The van der Waals surface area contributed by atoms with E-state index in [0.29, 0.717) is 22.8 Å². The van der Waals surface area contributed by atoms with Crippen molar-refractivity contribution < 1.29 is 14.2 Å². The molecule has 0 saturated heterocycles. The first-order valence-electron chi connectivity index (χ1n) is 6.91. The van der Waals surface area contributed by atoms with Crippen molar-refractivity contribution in [3.63, 3.8) is 0 Å². The Labute approximate surface area is 157 Å². The molecule has 0 aliphatic carbocycles. The van der Waals surface area contributed by atoms with E-state index in [9.17, 15) is 5.26 Å². The monoisotopic (exact) mass is 451 g/mol. The molecule has 2 rings (SSSR count). The molecule has 0 aliphatic rings. The quantitative estimate of drug-likeness (QED) is 0.456. The van der Waals surface area contributed by atoms with Crippen molar-refractivity contribution >= 4 is 43.5 Å². The van der Waals surface area contributed by atoms with Crippen LogP contribution in [0, 0.1) is 11.3 Å². The van der Waals surface area contributed by atoms with Crippen molar-refractivity contribution in [2.24, 2.45) is 0 Å². The average Bonchev–Trinajstić information content (AvgIpc) is 2.58. The van der Waals surface area contributed by atoms with Gasteiger partial charge in [-0.05, 0) is 57.9 Å². The topological polar surface area (TPSA) is 51.5 Å². The van der Waals surface area contributed by atoms with Gasteiger partial charge in [-0.2, -0.15) is 5.26 Å². The number of nitriles is 1. The molecule has 0 amide bonds. The highest BCUT2D eigenvalue weighted by molar-refractivity contribution is 9.11. The lowest BCUT2D eigenvalue weighted by molar-refractivity contribution is 0.355. The van der Waals surface area contributed by atoms with Crippen LogP contribution in [-0.4, -0.2) is 21.3 Å². The number of methoxy groups -OCH3 is 3. The van der Waals surface area contributed by atoms with Gasteiger partial charge in [-0.15, -0.1) is 0 Å². The number of allylic oxidation sites excluding steroid dienone is 1. The lowest BCUT2D eigenvalue weighted by Gasteiger charge is -2.11. The normalized spacial score (nSPS) is 10.9. The highest BCUT2D eigenvalue weighted by atomic mass is 79.9. The molecule has 0 atom stereocenters. The Bertz CT molecular complexity index is 826. The average molecular weight is 453 g/mol. The van der Waals surface area contributed by atoms with Gasteiger partial charge >= 0.3 is 0 Å². The van der Waals surface area contributed by atoms with Crippen LogP contribution in [0.5, 0.6) is 17.2 Å². The minimum atomic E-state index is 0.485. The fraction of sp³-hybridized carbons (Fsp3) is 0.167. The second-order valence-corrected chi connectivity index (χ2v) is 6.52. The predicted molar refractivity (Wildman–Crippen MR) is 101 cm³/mol. The van der Waals surface area contributed by atoms with Gasteiger partial charge in [-0.1, -0.05) is 15.9 Å². The molecule has 0 aliphatic heterocycles. The number of benzene rings is 2. The molecule has 0 N–H and O–H groups in total. The van der Waals surface area contributed by atoms with Gasteiger partial charge in [0.25, 0.3) is 0 Å². The van der Waals surface area contributed by atoms with Gasteiger partial charge in [-0.25, -0.2) is 0 Å². The summed E-state index contributed by atoms with van der Waals surface area (Å²) in [6, 6.07) is 11.4. The van der Waals surface area contributed by atoms with Gasteiger partial charge in [0.05, 0.1) is 37.4 Å². The summed E-state index contributed by atoms with van der Waals surface area (Å²) >= 11 is 6.92. The van der Waals surface area contributed by atoms with E-state index in [4.69, 9.17) is 14.2 Å². The summed E-state index contributed by atoms with van der Waals surface area (Å²) < 4.78 is 17.6. The molecule has 0 heterocycles. The fourth-order valence-electron chi connectivity index (χ4n) is 2.24. The van der Waals surface area contributed by atoms with Crippen molar-refractivity contribution in [2.45, 2.75) is 0 Å². The van der Waals surface area contributed by atoms with Crippen LogP contribution < -0.4 is 14.2 Å². The SMILES string of the molecule is COc1ccc(/C(C#N)=C/c2cc(Br)cc(Br)c2OC)cc1OC. The van der Waals surface area contributed by atoms with E-state index in [1.54, 1.807) is 39.5 Å². The Morgan fingerprint density at radius 3 is 2.29 bits per heavy atom. The van der Waals surface area contributed by atoms with Crippen molar-refractivity contribution in [1.82, 2.24) is 0 Å². The largest absolute Gasteiger partial charge is 0.495 e. The van der Waals surface area contributed by atoms with Gasteiger partial charge in [-0.3, -0.25) is 0 Å². The molecule has 6 heteroatoms. The third kappa shape index (κ3) is 3.92. The van der Waals surface area contributed by atoms with E-state index < -0.39 is 0 Å². The number of halogens is 2. The Hall–Kier alpha value is -1.97. The lowest BCUT2D eigenvalue weighted by atomic mass is 10.0. The molecular formula is C18H15Br2NO3. The summed E-state index contributed by atoms with van der Waals surface area (Å²) in [6.07, 6.45) is 1.77. The van der Waals surface area contributed by atoms with Crippen LogP contribution >= 0.6 is 31.9 Å². The third-order valence-electron chi connectivity index (χ3n) is 3.36. The molecule has 0 spiro atoms. The van der Waals surface area contributed by atoms with E-state index >= 15 is 0 Å². The summed E-state index contributed by atoms with van der Waals surface area (Å²) in [4.78, 5) is 0. The zero-order valence-electron chi connectivity index (χ0n) is 13.4. The first kappa shape index (κ1) is 18.4. The molecule has 0 fully saturated rings. The van der Waals surface area contributed by atoms with Gasteiger partial charge in [0.15, 0.2) is 11.5 Å². The second-order valence-electron chi connectivity index (χ2n) is 4.75. The number of nitrogens with zero attached hydrogens (tertiary/aromatic N) is 1. The van der Waals surface area contributed by atoms with E-state index in [2.05, 4.69) is 37.9 Å². The molecule has 4 nitrogen and oxygen atoms in total. The highest BCUT2D eigenvalue weighted by Gasteiger charge is 2.12. The van der Waals surface area contributed by atoms with E-state index in [1.165, 1.54) is 0 Å². The van der Waals surface area contributed by atoms with Crippen molar-refractivity contribution in [3.05, 3.63) is 50.4 Å². The molecule has 124 valence electrons. The Morgan fingerprint density at radius 1 is 1.00 bits per heavy atom. The smallest absolute Gasteiger partial charge is 0.161 e. The Kier molecular flexibility index (Phi) is 6.29. The van der Waals surface area contributed by atoms with Crippen LogP contribution in [0.2, 0.25) is 0 Å². The number of hydrogen-bond donors (Lipinski definition) is 0. The van der Waals surface area contributed by atoms with Crippen LogP contribution in [0.15, 0.2) is 39.3 Å². The zero-order chi connectivity index (χ0) is 17.7. The van der Waals surface area contributed by atoms with Crippen molar-refractivity contribution in [2.75, 3.05) is 21.3 Å².